The summed E-state index contributed by atoms with van der Waals surface area (Å²) < 4.78 is 0. The minimum absolute atomic E-state index is 0.0439. The largest absolute Gasteiger partial charge is 0.507 e. The van der Waals surface area contributed by atoms with Gasteiger partial charge in [-0.2, -0.15) is 0 Å². The number of phenolic OH excluding ortho intramolecular Hbond substituents is 1. The first-order valence-electron chi connectivity index (χ1n) is 6.95. The van der Waals surface area contributed by atoms with Gasteiger partial charge in [-0.1, -0.05) is 11.6 Å². The summed E-state index contributed by atoms with van der Waals surface area (Å²) in [6, 6.07) is 5.07. The summed E-state index contributed by atoms with van der Waals surface area (Å²) in [5, 5.41) is 15.9. The third-order valence-corrected chi connectivity index (χ3v) is 3.63. The highest BCUT2D eigenvalue weighted by atomic mass is 16.3. The number of nitrogens with one attached hydrogen (secondary N) is 2. The van der Waals surface area contributed by atoms with Gasteiger partial charge in [0.1, 0.15) is 5.75 Å². The minimum atomic E-state index is -0.190. The molecule has 0 saturated carbocycles. The predicted molar refractivity (Wildman–Crippen MR) is 75.4 cm³/mol. The molecule has 4 nitrogen and oxygen atoms in total. The molecule has 1 atom stereocenters. The van der Waals surface area contributed by atoms with Crippen LogP contribution in [0.3, 0.4) is 0 Å². The quantitative estimate of drug-likeness (QED) is 0.775. The predicted octanol–water partition coefficient (Wildman–Crippen LogP) is 1.82. The molecular weight excluding hydrogens is 240 g/mol. The second kappa shape index (κ2) is 6.57. The smallest absolute Gasteiger partial charge is 0.255 e. The molecule has 0 spiro atoms. The summed E-state index contributed by atoms with van der Waals surface area (Å²) in [5.74, 6) is 0.507. The van der Waals surface area contributed by atoms with Gasteiger partial charge in [-0.05, 0) is 57.3 Å². The van der Waals surface area contributed by atoms with Crippen molar-refractivity contribution < 1.29 is 9.90 Å². The summed E-state index contributed by atoms with van der Waals surface area (Å²) >= 11 is 0. The van der Waals surface area contributed by atoms with Crippen LogP contribution >= 0.6 is 0 Å². The van der Waals surface area contributed by atoms with Gasteiger partial charge in [-0.3, -0.25) is 4.79 Å². The van der Waals surface area contributed by atoms with Crippen molar-refractivity contribution in [2.45, 2.75) is 26.2 Å². The summed E-state index contributed by atoms with van der Waals surface area (Å²) in [6.45, 7) is 4.73. The lowest BCUT2D eigenvalue weighted by Gasteiger charge is -2.22. The first-order valence-corrected chi connectivity index (χ1v) is 6.95. The lowest BCUT2D eigenvalue weighted by atomic mass is 9.96. The SMILES string of the molecule is Cc1ccc(O)c(C(=O)NCCC2CCCNC2)c1. The fourth-order valence-electron chi connectivity index (χ4n) is 2.49. The van der Waals surface area contributed by atoms with Crippen LogP contribution in [0.1, 0.15) is 35.2 Å². The molecule has 0 radical (unpaired) electrons. The van der Waals surface area contributed by atoms with Crippen LogP contribution in [0.25, 0.3) is 0 Å². The normalized spacial score (nSPS) is 19.1. The van der Waals surface area contributed by atoms with Crippen molar-refractivity contribution in [3.63, 3.8) is 0 Å². The second-order valence-corrected chi connectivity index (χ2v) is 5.28. The number of carbonyl (C=O) groups is 1. The van der Waals surface area contributed by atoms with Gasteiger partial charge in [-0.25, -0.2) is 0 Å². The van der Waals surface area contributed by atoms with E-state index in [4.69, 9.17) is 0 Å². The Labute approximate surface area is 114 Å². The molecule has 1 saturated heterocycles. The first kappa shape index (κ1) is 13.9. The molecule has 1 aromatic rings. The number of benzene rings is 1. The Morgan fingerprint density at radius 1 is 1.53 bits per heavy atom. The Hall–Kier alpha value is -1.55. The monoisotopic (exact) mass is 262 g/mol. The molecule has 1 unspecified atom stereocenters. The number of piperidine rings is 1. The molecule has 104 valence electrons. The highest BCUT2D eigenvalue weighted by Gasteiger charge is 2.14. The maximum absolute atomic E-state index is 12.0. The first-order chi connectivity index (χ1) is 9.16. The van der Waals surface area contributed by atoms with Gasteiger partial charge >= 0.3 is 0 Å². The number of phenols is 1. The van der Waals surface area contributed by atoms with E-state index in [1.165, 1.54) is 12.8 Å². The number of aromatic hydroxyl groups is 1. The van der Waals surface area contributed by atoms with Crippen LogP contribution in [-0.4, -0.2) is 30.6 Å². The second-order valence-electron chi connectivity index (χ2n) is 5.28. The Morgan fingerprint density at radius 2 is 2.37 bits per heavy atom. The molecular formula is C15H22N2O2. The van der Waals surface area contributed by atoms with Gasteiger partial charge in [0.2, 0.25) is 0 Å². The number of carbonyl (C=O) groups excluding carboxylic acids is 1. The maximum Gasteiger partial charge on any atom is 0.255 e. The molecule has 1 aliphatic heterocycles. The van der Waals surface area contributed by atoms with E-state index in [0.717, 1.165) is 25.1 Å². The summed E-state index contributed by atoms with van der Waals surface area (Å²) in [5.41, 5.74) is 1.33. The molecule has 3 N–H and O–H groups in total. The van der Waals surface area contributed by atoms with Crippen LogP contribution in [-0.2, 0) is 0 Å². The van der Waals surface area contributed by atoms with Crippen LogP contribution in [0, 0.1) is 12.8 Å². The lowest BCUT2D eigenvalue weighted by Crippen LogP contribution is -2.33. The fraction of sp³-hybridized carbons (Fsp3) is 0.533. The van der Waals surface area contributed by atoms with Gasteiger partial charge in [0.05, 0.1) is 5.56 Å². The van der Waals surface area contributed by atoms with E-state index < -0.39 is 0 Å². The van der Waals surface area contributed by atoms with E-state index >= 15 is 0 Å². The number of hydrogen-bond donors (Lipinski definition) is 3. The van der Waals surface area contributed by atoms with Crippen LogP contribution in [0.2, 0.25) is 0 Å². The molecule has 1 aliphatic rings. The van der Waals surface area contributed by atoms with E-state index in [9.17, 15) is 9.90 Å². The highest BCUT2D eigenvalue weighted by Crippen LogP contribution is 2.18. The van der Waals surface area contributed by atoms with Gasteiger partial charge in [0.25, 0.3) is 5.91 Å². The number of hydrogen-bond acceptors (Lipinski definition) is 3. The van der Waals surface area contributed by atoms with Crippen molar-refractivity contribution in [3.8, 4) is 5.75 Å². The van der Waals surface area contributed by atoms with Gasteiger partial charge in [0, 0.05) is 6.54 Å². The zero-order valence-corrected chi connectivity index (χ0v) is 11.4. The van der Waals surface area contributed by atoms with E-state index in [-0.39, 0.29) is 11.7 Å². The van der Waals surface area contributed by atoms with Gasteiger partial charge < -0.3 is 15.7 Å². The summed E-state index contributed by atoms with van der Waals surface area (Å²) in [6.07, 6.45) is 3.45. The standard InChI is InChI=1S/C15H22N2O2/c1-11-4-5-14(18)13(9-11)15(19)17-8-6-12-3-2-7-16-10-12/h4-5,9,12,16,18H,2-3,6-8,10H2,1H3,(H,17,19). The number of rotatable bonds is 4. The van der Waals surface area contributed by atoms with Crippen LogP contribution < -0.4 is 10.6 Å². The molecule has 1 heterocycles. The van der Waals surface area contributed by atoms with E-state index in [0.29, 0.717) is 18.0 Å². The molecule has 1 amide bonds. The number of aryl methyl sites for hydroxylation is 1. The summed E-state index contributed by atoms with van der Waals surface area (Å²) in [7, 11) is 0. The van der Waals surface area contributed by atoms with Gasteiger partial charge in [-0.15, -0.1) is 0 Å². The molecule has 2 rings (SSSR count). The Balaban J connectivity index is 1.82. The minimum Gasteiger partial charge on any atom is -0.507 e. The van der Waals surface area contributed by atoms with Crippen molar-refractivity contribution in [2.75, 3.05) is 19.6 Å². The van der Waals surface area contributed by atoms with E-state index in [1.54, 1.807) is 18.2 Å². The zero-order valence-electron chi connectivity index (χ0n) is 11.4. The van der Waals surface area contributed by atoms with E-state index in [1.807, 2.05) is 6.92 Å². The zero-order chi connectivity index (χ0) is 13.7. The molecule has 1 fully saturated rings. The molecule has 19 heavy (non-hydrogen) atoms. The van der Waals surface area contributed by atoms with Crippen molar-refractivity contribution >= 4 is 5.91 Å². The van der Waals surface area contributed by atoms with Crippen molar-refractivity contribution in [1.29, 1.82) is 0 Å². The maximum atomic E-state index is 12.0. The lowest BCUT2D eigenvalue weighted by molar-refractivity contribution is 0.0948. The summed E-state index contributed by atoms with van der Waals surface area (Å²) in [4.78, 5) is 12.0. The third-order valence-electron chi connectivity index (χ3n) is 3.63. The molecule has 1 aromatic carbocycles. The van der Waals surface area contributed by atoms with Crippen LogP contribution in [0.15, 0.2) is 18.2 Å². The Kier molecular flexibility index (Phi) is 4.80. The van der Waals surface area contributed by atoms with Crippen molar-refractivity contribution in [2.24, 2.45) is 5.92 Å². The van der Waals surface area contributed by atoms with Gasteiger partial charge in [0.15, 0.2) is 0 Å². The number of amides is 1. The topological polar surface area (TPSA) is 61.4 Å². The average molecular weight is 262 g/mol. The Bertz CT molecular complexity index is 440. The average Bonchev–Trinajstić information content (AvgIpc) is 2.42. The highest BCUT2D eigenvalue weighted by molar-refractivity contribution is 5.96. The Morgan fingerprint density at radius 3 is 3.11 bits per heavy atom. The van der Waals surface area contributed by atoms with E-state index in [2.05, 4.69) is 10.6 Å². The van der Waals surface area contributed by atoms with Crippen LogP contribution in [0.4, 0.5) is 0 Å². The third kappa shape index (κ3) is 3.96. The fourth-order valence-corrected chi connectivity index (χ4v) is 2.49. The molecule has 0 aromatic heterocycles. The van der Waals surface area contributed by atoms with Crippen molar-refractivity contribution in [1.82, 2.24) is 10.6 Å². The molecule has 4 heteroatoms. The van der Waals surface area contributed by atoms with Crippen molar-refractivity contribution in [3.05, 3.63) is 29.3 Å². The molecule has 0 bridgehead atoms. The molecule has 0 aliphatic carbocycles. The van der Waals surface area contributed by atoms with Crippen LogP contribution in [0.5, 0.6) is 5.75 Å².